The summed E-state index contributed by atoms with van der Waals surface area (Å²) in [6.07, 6.45) is 9.34. The van der Waals surface area contributed by atoms with Crippen LogP contribution in [-0.2, 0) is 4.79 Å². The zero-order valence-corrected chi connectivity index (χ0v) is 17.9. The molecule has 5 nitrogen and oxygen atoms in total. The van der Waals surface area contributed by atoms with Crippen LogP contribution >= 0.6 is 23.1 Å². The summed E-state index contributed by atoms with van der Waals surface area (Å²) < 4.78 is 0.729. The molecule has 2 rings (SSSR count). The lowest BCUT2D eigenvalue weighted by Crippen LogP contribution is -2.14. The van der Waals surface area contributed by atoms with Gasteiger partial charge in [-0.15, -0.1) is 17.9 Å². The number of thiazole rings is 1. The Morgan fingerprint density at radius 3 is 3.00 bits per heavy atom. The number of allylic oxidation sites excluding steroid dienone is 2. The lowest BCUT2D eigenvalue weighted by atomic mass is 9.92. The molecule has 1 aliphatic carbocycles. The first-order valence-corrected chi connectivity index (χ1v) is 11.6. The topological polar surface area (TPSA) is 87.5 Å². The molecule has 0 aliphatic heterocycles. The van der Waals surface area contributed by atoms with Crippen molar-refractivity contribution < 1.29 is 19.8 Å². The number of aromatic nitrogens is 1. The summed E-state index contributed by atoms with van der Waals surface area (Å²) in [5.41, 5.74) is 1.22. The van der Waals surface area contributed by atoms with Gasteiger partial charge in [0.05, 0.1) is 6.10 Å². The van der Waals surface area contributed by atoms with Crippen molar-refractivity contribution in [2.24, 2.45) is 11.8 Å². The highest BCUT2D eigenvalue weighted by Gasteiger charge is 2.32. The van der Waals surface area contributed by atoms with E-state index in [-0.39, 0.29) is 23.6 Å². The number of carbonyl (C=O) groups excluding carboxylic acids is 1. The largest absolute Gasteiger partial charge is 0.476 e. The van der Waals surface area contributed by atoms with Gasteiger partial charge in [-0.25, -0.2) is 9.78 Å². The van der Waals surface area contributed by atoms with Gasteiger partial charge in [0, 0.05) is 23.5 Å². The highest BCUT2D eigenvalue weighted by atomic mass is 32.2. The quantitative estimate of drug-likeness (QED) is 0.364. The van der Waals surface area contributed by atoms with Gasteiger partial charge < -0.3 is 10.2 Å². The smallest absolute Gasteiger partial charge is 0.355 e. The van der Waals surface area contributed by atoms with E-state index in [0.29, 0.717) is 18.6 Å². The Morgan fingerprint density at radius 2 is 2.32 bits per heavy atom. The lowest BCUT2D eigenvalue weighted by molar-refractivity contribution is -0.121. The van der Waals surface area contributed by atoms with Crippen molar-refractivity contribution >= 4 is 34.9 Å². The zero-order chi connectivity index (χ0) is 20.5. The Kier molecular flexibility index (Phi) is 9.41. The van der Waals surface area contributed by atoms with Crippen molar-refractivity contribution in [2.45, 2.75) is 62.3 Å². The van der Waals surface area contributed by atoms with Gasteiger partial charge in [-0.05, 0) is 51.4 Å². The van der Waals surface area contributed by atoms with E-state index in [1.807, 2.05) is 13.0 Å². The summed E-state index contributed by atoms with van der Waals surface area (Å²) in [6, 6.07) is 0. The van der Waals surface area contributed by atoms with Crippen molar-refractivity contribution in [1.82, 2.24) is 4.98 Å². The number of aliphatic hydroxyl groups is 1. The van der Waals surface area contributed by atoms with Crippen LogP contribution in [0.15, 0.2) is 34.0 Å². The number of ketones is 1. The second-order valence-corrected chi connectivity index (χ2v) is 9.58. The number of carboxylic acids is 1. The molecular weight excluding hydrogens is 394 g/mol. The zero-order valence-electron chi connectivity index (χ0n) is 16.3. The Labute approximate surface area is 175 Å². The highest BCUT2D eigenvalue weighted by Crippen LogP contribution is 2.34. The maximum atomic E-state index is 12.2. The normalized spacial score (nSPS) is 20.7. The van der Waals surface area contributed by atoms with Crippen molar-refractivity contribution in [2.75, 3.05) is 5.75 Å². The average Bonchev–Trinajstić information content (AvgIpc) is 3.23. The van der Waals surface area contributed by atoms with Crippen molar-refractivity contribution in [3.63, 3.8) is 0 Å². The number of aliphatic hydroxyl groups excluding tert-OH is 1. The predicted octanol–water partition coefficient (Wildman–Crippen LogP) is 4.97. The summed E-state index contributed by atoms with van der Waals surface area (Å²) in [5.74, 6) is 0.296. The third kappa shape index (κ3) is 7.53. The number of hydrogen-bond donors (Lipinski definition) is 2. The van der Waals surface area contributed by atoms with Crippen LogP contribution in [0.25, 0.3) is 0 Å². The van der Waals surface area contributed by atoms with E-state index >= 15 is 0 Å². The van der Waals surface area contributed by atoms with E-state index < -0.39 is 5.97 Å². The van der Waals surface area contributed by atoms with E-state index in [2.05, 4.69) is 17.6 Å². The Hall–Kier alpha value is -1.44. The van der Waals surface area contributed by atoms with Crippen molar-refractivity contribution in [1.29, 1.82) is 0 Å². The molecule has 0 bridgehead atoms. The Balaban J connectivity index is 1.75. The van der Waals surface area contributed by atoms with Gasteiger partial charge in [-0.3, -0.25) is 4.79 Å². The molecule has 0 saturated heterocycles. The van der Waals surface area contributed by atoms with Gasteiger partial charge in [-0.2, -0.15) is 0 Å². The number of carbonyl (C=O) groups is 2. The molecule has 28 heavy (non-hydrogen) atoms. The molecular formula is C21H29NO4S2. The molecule has 0 amide bonds. The average molecular weight is 424 g/mol. The number of rotatable bonds is 12. The van der Waals surface area contributed by atoms with Crippen LogP contribution in [-0.4, -0.2) is 38.8 Å². The fraction of sp³-hybridized carbons (Fsp3) is 0.571. The van der Waals surface area contributed by atoms with E-state index in [4.69, 9.17) is 5.11 Å². The first-order valence-electron chi connectivity index (χ1n) is 9.70. The second-order valence-electron chi connectivity index (χ2n) is 7.38. The fourth-order valence-electron chi connectivity index (χ4n) is 3.40. The van der Waals surface area contributed by atoms with E-state index in [1.54, 1.807) is 5.38 Å². The summed E-state index contributed by atoms with van der Waals surface area (Å²) >= 11 is 2.84. The minimum Gasteiger partial charge on any atom is -0.476 e. The van der Waals surface area contributed by atoms with Gasteiger partial charge in [0.2, 0.25) is 0 Å². The van der Waals surface area contributed by atoms with Gasteiger partial charge in [-0.1, -0.05) is 29.5 Å². The number of nitrogens with zero attached hydrogens (tertiary/aromatic N) is 1. The van der Waals surface area contributed by atoms with Crippen molar-refractivity contribution in [3.8, 4) is 0 Å². The van der Waals surface area contributed by atoms with Gasteiger partial charge >= 0.3 is 5.97 Å². The number of thioether (sulfide) groups is 1. The van der Waals surface area contributed by atoms with Crippen LogP contribution in [0.5, 0.6) is 0 Å². The molecule has 0 unspecified atom stereocenters. The summed E-state index contributed by atoms with van der Waals surface area (Å²) in [5, 5.41) is 20.5. The van der Waals surface area contributed by atoms with Gasteiger partial charge in [0.1, 0.15) is 5.78 Å². The first-order chi connectivity index (χ1) is 13.4. The van der Waals surface area contributed by atoms with E-state index in [9.17, 15) is 14.7 Å². The molecule has 1 heterocycles. The molecule has 1 aromatic rings. The monoisotopic (exact) mass is 423 g/mol. The van der Waals surface area contributed by atoms with Gasteiger partial charge in [0.15, 0.2) is 10.0 Å². The maximum Gasteiger partial charge on any atom is 0.355 e. The lowest BCUT2D eigenvalue weighted by Gasteiger charge is -2.15. The number of hydrogen-bond acceptors (Lipinski definition) is 6. The van der Waals surface area contributed by atoms with Crippen molar-refractivity contribution in [3.05, 3.63) is 35.4 Å². The standard InChI is InChI=1S/C21H29NO4S2/c1-14(2)5-3-7-16(23)8-4-6-15-9-10-19(24)17(15)11-12-27-21-22-18(13-28-21)20(25)26/h4,6,13,15-17,23H,1,3,5,7-12H2,2H3,(H,25,26)/b6-4+/t15-,16-,17+/m0/s1. The number of carboxylic acid groups (broad SMARTS) is 1. The molecule has 1 fully saturated rings. The molecule has 154 valence electrons. The molecule has 0 aromatic carbocycles. The number of aromatic carboxylic acids is 1. The Morgan fingerprint density at radius 1 is 1.54 bits per heavy atom. The summed E-state index contributed by atoms with van der Waals surface area (Å²) in [4.78, 5) is 27.2. The highest BCUT2D eigenvalue weighted by molar-refractivity contribution is 8.01. The Bertz CT molecular complexity index is 713. The first kappa shape index (κ1) is 22.8. The molecule has 0 spiro atoms. The van der Waals surface area contributed by atoms with Crippen LogP contribution in [0.1, 0.15) is 62.4 Å². The third-order valence-electron chi connectivity index (χ3n) is 4.94. The van der Waals surface area contributed by atoms with Gasteiger partial charge in [0.25, 0.3) is 0 Å². The minimum absolute atomic E-state index is 0.0169. The van der Waals surface area contributed by atoms with Crippen LogP contribution in [0.2, 0.25) is 0 Å². The third-order valence-corrected chi connectivity index (χ3v) is 7.00. The predicted molar refractivity (Wildman–Crippen MR) is 114 cm³/mol. The maximum absolute atomic E-state index is 12.2. The van der Waals surface area contributed by atoms with E-state index in [1.165, 1.54) is 23.1 Å². The molecule has 2 N–H and O–H groups in total. The minimum atomic E-state index is -1.01. The SMILES string of the molecule is C=C(C)CCC[C@H](O)C/C=C/[C@H]1CCC(=O)[C@@H]1CCSc1nc(C(=O)O)cs1. The molecule has 3 atom stereocenters. The van der Waals surface area contributed by atoms with Crippen LogP contribution in [0, 0.1) is 11.8 Å². The summed E-state index contributed by atoms with van der Waals surface area (Å²) in [6.45, 7) is 5.88. The van der Waals surface area contributed by atoms with Crippen LogP contribution in [0.3, 0.4) is 0 Å². The molecule has 1 aromatic heterocycles. The molecule has 7 heteroatoms. The molecule has 0 radical (unpaired) electrons. The fourth-order valence-corrected chi connectivity index (χ4v) is 5.30. The van der Waals surface area contributed by atoms with E-state index in [0.717, 1.165) is 47.8 Å². The second kappa shape index (κ2) is 11.5. The van der Waals surface area contributed by atoms with Crippen LogP contribution in [0.4, 0.5) is 0 Å². The molecule has 1 saturated carbocycles. The molecule has 1 aliphatic rings. The number of Topliss-reactive ketones (excluding diaryl/α,β-unsaturated/α-hetero) is 1. The summed E-state index contributed by atoms with van der Waals surface area (Å²) in [7, 11) is 0. The van der Waals surface area contributed by atoms with Crippen LogP contribution < -0.4 is 0 Å².